The molecule has 0 amide bonds. The molecule has 2 N–H and O–H groups in total. The number of benzene rings is 1. The summed E-state index contributed by atoms with van der Waals surface area (Å²) in [4.78, 5) is 4.64. The van der Waals surface area contributed by atoms with Gasteiger partial charge >= 0.3 is 0 Å². The maximum absolute atomic E-state index is 5.27. The van der Waals surface area contributed by atoms with Crippen molar-refractivity contribution in [2.45, 2.75) is 13.5 Å². The number of ether oxygens (including phenoxy) is 2. The molecule has 0 spiro atoms. The Balaban J connectivity index is 3.31. The molecule has 0 aromatic heterocycles. The minimum Gasteiger partial charge on any atom is -0.493 e. The fourth-order valence-corrected chi connectivity index (χ4v) is 2.05. The number of hydrogen-bond acceptors (Lipinski definition) is 4. The number of halogens is 1. The van der Waals surface area contributed by atoms with Gasteiger partial charge < -0.3 is 9.47 Å². The third kappa shape index (κ3) is 2.42. The zero-order valence-electron chi connectivity index (χ0n) is 8.96. The van der Waals surface area contributed by atoms with Gasteiger partial charge in [-0.2, -0.15) is 0 Å². The second-order valence-corrected chi connectivity index (χ2v) is 3.86. The molecule has 1 aromatic carbocycles. The van der Waals surface area contributed by atoms with E-state index in [2.05, 4.69) is 20.8 Å². The van der Waals surface area contributed by atoms with E-state index in [0.717, 1.165) is 15.6 Å². The van der Waals surface area contributed by atoms with Crippen molar-refractivity contribution >= 4 is 15.9 Å². The Hall–Kier alpha value is -0.780. The summed E-state index contributed by atoms with van der Waals surface area (Å²) in [6.45, 7) is 2.26. The summed E-state index contributed by atoms with van der Waals surface area (Å²) in [6.07, 6.45) is 0. The Morgan fingerprint density at radius 3 is 2.47 bits per heavy atom. The van der Waals surface area contributed by atoms with Crippen LogP contribution in [0.3, 0.4) is 0 Å². The maximum atomic E-state index is 5.27. The van der Waals surface area contributed by atoms with Gasteiger partial charge in [0, 0.05) is 15.6 Å². The van der Waals surface area contributed by atoms with Crippen LogP contribution < -0.4 is 15.4 Å². The minimum absolute atomic E-state index is 0.326. The largest absolute Gasteiger partial charge is 0.493 e. The van der Waals surface area contributed by atoms with Gasteiger partial charge in [0.1, 0.15) is 0 Å². The SMILES string of the molecule is COc1cc(Br)c(CON)c(C)c1OC. The van der Waals surface area contributed by atoms with Crippen LogP contribution in [0.4, 0.5) is 0 Å². The summed E-state index contributed by atoms with van der Waals surface area (Å²) in [5, 5.41) is 0. The summed E-state index contributed by atoms with van der Waals surface area (Å²) in [6, 6.07) is 1.83. The van der Waals surface area contributed by atoms with Crippen LogP contribution in [0.2, 0.25) is 0 Å². The van der Waals surface area contributed by atoms with E-state index in [1.54, 1.807) is 14.2 Å². The molecule has 15 heavy (non-hydrogen) atoms. The lowest BCUT2D eigenvalue weighted by atomic mass is 10.1. The molecule has 0 saturated heterocycles. The lowest BCUT2D eigenvalue weighted by Crippen LogP contribution is -2.04. The van der Waals surface area contributed by atoms with Gasteiger partial charge in [0.05, 0.1) is 20.8 Å². The van der Waals surface area contributed by atoms with Crippen molar-refractivity contribution in [2.24, 2.45) is 5.90 Å². The van der Waals surface area contributed by atoms with Gasteiger partial charge in [0.25, 0.3) is 0 Å². The van der Waals surface area contributed by atoms with Gasteiger partial charge in [-0.25, -0.2) is 5.90 Å². The van der Waals surface area contributed by atoms with Gasteiger partial charge in [-0.15, -0.1) is 0 Å². The molecule has 0 saturated carbocycles. The van der Waals surface area contributed by atoms with Crippen LogP contribution in [0.15, 0.2) is 10.5 Å². The highest BCUT2D eigenvalue weighted by atomic mass is 79.9. The monoisotopic (exact) mass is 275 g/mol. The average molecular weight is 276 g/mol. The molecule has 4 nitrogen and oxygen atoms in total. The van der Waals surface area contributed by atoms with Crippen molar-refractivity contribution in [3.63, 3.8) is 0 Å². The fraction of sp³-hybridized carbons (Fsp3) is 0.400. The van der Waals surface area contributed by atoms with Gasteiger partial charge in [-0.3, -0.25) is 4.84 Å². The highest BCUT2D eigenvalue weighted by molar-refractivity contribution is 9.10. The molecule has 0 aliphatic carbocycles. The minimum atomic E-state index is 0.326. The highest BCUT2D eigenvalue weighted by Crippen LogP contribution is 2.37. The number of nitrogens with two attached hydrogens (primary N) is 1. The Labute approximate surface area is 97.4 Å². The Morgan fingerprint density at radius 2 is 2.00 bits per heavy atom. The van der Waals surface area contributed by atoms with Crippen molar-refractivity contribution < 1.29 is 14.3 Å². The Kier molecular flexibility index (Phi) is 4.38. The summed E-state index contributed by atoms with van der Waals surface area (Å²) >= 11 is 3.43. The quantitative estimate of drug-likeness (QED) is 0.856. The molecule has 0 bridgehead atoms. The third-order valence-electron chi connectivity index (χ3n) is 2.21. The van der Waals surface area contributed by atoms with Crippen LogP contribution in [0.5, 0.6) is 11.5 Å². The van der Waals surface area contributed by atoms with Crippen LogP contribution in [-0.4, -0.2) is 14.2 Å². The summed E-state index contributed by atoms with van der Waals surface area (Å²) < 4.78 is 11.4. The lowest BCUT2D eigenvalue weighted by Gasteiger charge is -2.15. The van der Waals surface area contributed by atoms with E-state index in [1.165, 1.54) is 0 Å². The molecular weight excluding hydrogens is 262 g/mol. The fourth-order valence-electron chi connectivity index (χ4n) is 1.43. The Morgan fingerprint density at radius 1 is 1.33 bits per heavy atom. The van der Waals surface area contributed by atoms with Crippen molar-refractivity contribution in [3.05, 3.63) is 21.7 Å². The second kappa shape index (κ2) is 5.34. The van der Waals surface area contributed by atoms with E-state index in [4.69, 9.17) is 15.4 Å². The molecule has 84 valence electrons. The van der Waals surface area contributed by atoms with Crippen LogP contribution >= 0.6 is 15.9 Å². The second-order valence-electron chi connectivity index (χ2n) is 3.01. The molecule has 0 aliphatic rings. The summed E-state index contributed by atoms with van der Waals surface area (Å²) in [7, 11) is 3.20. The van der Waals surface area contributed by atoms with E-state index in [0.29, 0.717) is 18.1 Å². The van der Waals surface area contributed by atoms with Gasteiger partial charge in [-0.1, -0.05) is 15.9 Å². The number of methoxy groups -OCH3 is 2. The predicted octanol–water partition coefficient (Wildman–Crippen LogP) is 2.17. The van der Waals surface area contributed by atoms with Crippen molar-refractivity contribution in [1.29, 1.82) is 0 Å². The maximum Gasteiger partial charge on any atom is 0.164 e. The van der Waals surface area contributed by atoms with E-state index < -0.39 is 0 Å². The van der Waals surface area contributed by atoms with Crippen molar-refractivity contribution in [2.75, 3.05) is 14.2 Å². The van der Waals surface area contributed by atoms with Crippen LogP contribution in [-0.2, 0) is 11.4 Å². The number of rotatable bonds is 4. The molecular formula is C10H14BrNO3. The normalized spacial score (nSPS) is 10.2. The molecule has 0 aliphatic heterocycles. The van der Waals surface area contributed by atoms with Gasteiger partial charge in [-0.05, 0) is 13.0 Å². The molecule has 1 rings (SSSR count). The topological polar surface area (TPSA) is 53.7 Å². The molecule has 0 fully saturated rings. The molecule has 5 heteroatoms. The Bertz CT molecular complexity index is 355. The highest BCUT2D eigenvalue weighted by Gasteiger charge is 2.14. The van der Waals surface area contributed by atoms with E-state index in [1.807, 2.05) is 13.0 Å². The predicted molar refractivity (Wildman–Crippen MR) is 61.0 cm³/mol. The van der Waals surface area contributed by atoms with E-state index >= 15 is 0 Å². The first-order valence-electron chi connectivity index (χ1n) is 4.37. The lowest BCUT2D eigenvalue weighted by molar-refractivity contribution is 0.123. The first-order chi connectivity index (χ1) is 7.15. The van der Waals surface area contributed by atoms with Crippen LogP contribution in [0, 0.1) is 6.92 Å². The molecule has 0 atom stereocenters. The zero-order valence-corrected chi connectivity index (χ0v) is 10.6. The number of hydrogen-bond donors (Lipinski definition) is 1. The van der Waals surface area contributed by atoms with Gasteiger partial charge in [0.2, 0.25) is 0 Å². The van der Waals surface area contributed by atoms with Gasteiger partial charge in [0.15, 0.2) is 11.5 Å². The first kappa shape index (κ1) is 12.3. The average Bonchev–Trinajstić information content (AvgIpc) is 2.23. The van der Waals surface area contributed by atoms with Crippen molar-refractivity contribution in [3.8, 4) is 11.5 Å². The van der Waals surface area contributed by atoms with Crippen LogP contribution in [0.1, 0.15) is 11.1 Å². The van der Waals surface area contributed by atoms with Crippen LogP contribution in [0.25, 0.3) is 0 Å². The summed E-state index contributed by atoms with van der Waals surface area (Å²) in [5.41, 5.74) is 1.91. The standard InChI is InChI=1S/C10H14BrNO3/c1-6-7(5-15-12)8(11)4-9(13-2)10(6)14-3/h4H,5,12H2,1-3H3. The smallest absolute Gasteiger partial charge is 0.164 e. The molecule has 0 radical (unpaired) electrons. The van der Waals surface area contributed by atoms with E-state index in [9.17, 15) is 0 Å². The first-order valence-corrected chi connectivity index (χ1v) is 5.16. The zero-order chi connectivity index (χ0) is 11.4. The third-order valence-corrected chi connectivity index (χ3v) is 2.92. The molecule has 0 heterocycles. The van der Waals surface area contributed by atoms with Crippen molar-refractivity contribution in [1.82, 2.24) is 0 Å². The molecule has 1 aromatic rings. The van der Waals surface area contributed by atoms with E-state index in [-0.39, 0.29) is 0 Å². The molecule has 0 unspecified atom stereocenters. The summed E-state index contributed by atoms with van der Waals surface area (Å²) in [5.74, 6) is 6.45.